The summed E-state index contributed by atoms with van der Waals surface area (Å²) in [5.74, 6) is 0.180. The van der Waals surface area contributed by atoms with Crippen molar-refractivity contribution >= 4 is 5.91 Å². The lowest BCUT2D eigenvalue weighted by Gasteiger charge is -2.37. The van der Waals surface area contributed by atoms with E-state index in [2.05, 4.69) is 5.32 Å². The van der Waals surface area contributed by atoms with Gasteiger partial charge in [-0.05, 0) is 19.3 Å². The molecule has 3 heterocycles. The van der Waals surface area contributed by atoms with Gasteiger partial charge in [-0.2, -0.15) is 13.2 Å². The van der Waals surface area contributed by atoms with E-state index in [0.29, 0.717) is 38.3 Å². The molecule has 3 fully saturated rings. The maximum absolute atomic E-state index is 12.4. The summed E-state index contributed by atoms with van der Waals surface area (Å²) in [5.41, 5.74) is 0. The van der Waals surface area contributed by atoms with Crippen molar-refractivity contribution in [3.05, 3.63) is 0 Å². The average molecular weight is 291 g/mol. The Labute approximate surface area is 116 Å². The highest BCUT2D eigenvalue weighted by molar-refractivity contribution is 5.80. The quantitative estimate of drug-likeness (QED) is 0.819. The predicted molar refractivity (Wildman–Crippen MR) is 67.1 cm³/mol. The van der Waals surface area contributed by atoms with E-state index in [4.69, 9.17) is 0 Å². The van der Waals surface area contributed by atoms with Crippen LogP contribution in [0.15, 0.2) is 0 Å². The van der Waals surface area contributed by atoms with Gasteiger partial charge in [0.2, 0.25) is 5.91 Å². The standard InChI is InChI=1S/C13H20F3N3O/c14-13(15,16)8-18-3-5-19(6-4-18)12(20)10-7-9-1-2-11(10)17-9/h9-11,17H,1-8H2. The normalized spacial score (nSPS) is 34.8. The lowest BCUT2D eigenvalue weighted by molar-refractivity contribution is -0.152. The number of hydrogen-bond acceptors (Lipinski definition) is 3. The van der Waals surface area contributed by atoms with Crippen molar-refractivity contribution in [2.75, 3.05) is 32.7 Å². The van der Waals surface area contributed by atoms with Crippen LogP contribution in [0.25, 0.3) is 0 Å². The van der Waals surface area contributed by atoms with Crippen molar-refractivity contribution in [3.63, 3.8) is 0 Å². The van der Waals surface area contributed by atoms with Crippen LogP contribution >= 0.6 is 0 Å². The summed E-state index contributed by atoms with van der Waals surface area (Å²) in [6.07, 6.45) is -1.06. The maximum atomic E-state index is 12.4. The molecule has 3 aliphatic rings. The lowest BCUT2D eigenvalue weighted by atomic mass is 9.88. The highest BCUT2D eigenvalue weighted by Gasteiger charge is 2.44. The van der Waals surface area contributed by atoms with Gasteiger partial charge >= 0.3 is 6.18 Å². The van der Waals surface area contributed by atoms with Gasteiger partial charge in [0.1, 0.15) is 0 Å². The molecule has 3 atom stereocenters. The fraction of sp³-hybridized carbons (Fsp3) is 0.923. The molecule has 0 aromatic carbocycles. The number of halogens is 3. The summed E-state index contributed by atoms with van der Waals surface area (Å²) in [4.78, 5) is 15.6. The van der Waals surface area contributed by atoms with Gasteiger partial charge in [0, 0.05) is 38.3 Å². The molecule has 114 valence electrons. The number of rotatable bonds is 2. The first kappa shape index (κ1) is 14.1. The number of piperazine rings is 1. The molecule has 0 aromatic heterocycles. The zero-order valence-corrected chi connectivity index (χ0v) is 11.3. The third kappa shape index (κ3) is 2.93. The number of alkyl halides is 3. The Hall–Kier alpha value is -0.820. The molecule has 0 saturated carbocycles. The van der Waals surface area contributed by atoms with Crippen molar-refractivity contribution in [3.8, 4) is 0 Å². The van der Waals surface area contributed by atoms with Crippen molar-refractivity contribution in [2.45, 2.75) is 37.5 Å². The maximum Gasteiger partial charge on any atom is 0.401 e. The van der Waals surface area contributed by atoms with Gasteiger partial charge in [0.25, 0.3) is 0 Å². The molecule has 7 heteroatoms. The Kier molecular flexibility index (Phi) is 3.66. The summed E-state index contributed by atoms with van der Waals surface area (Å²) in [5, 5.41) is 3.43. The minimum atomic E-state index is -4.15. The molecule has 3 unspecified atom stereocenters. The molecule has 1 N–H and O–H groups in total. The Morgan fingerprint density at radius 2 is 1.85 bits per heavy atom. The summed E-state index contributed by atoms with van der Waals surface area (Å²) in [6, 6.07) is 0.765. The number of carbonyl (C=O) groups is 1. The summed E-state index contributed by atoms with van der Waals surface area (Å²) in [7, 11) is 0. The van der Waals surface area contributed by atoms with Crippen LogP contribution in [0.5, 0.6) is 0 Å². The highest BCUT2D eigenvalue weighted by atomic mass is 19.4. The van der Waals surface area contributed by atoms with Crippen LogP contribution in [-0.2, 0) is 4.79 Å². The predicted octanol–water partition coefficient (Wildman–Crippen LogP) is 0.833. The van der Waals surface area contributed by atoms with Gasteiger partial charge < -0.3 is 10.2 Å². The largest absolute Gasteiger partial charge is 0.401 e. The molecule has 0 spiro atoms. The fourth-order valence-corrected chi connectivity index (χ4v) is 3.71. The Bertz CT molecular complexity index is 380. The molecule has 3 aliphatic heterocycles. The minimum Gasteiger partial charge on any atom is -0.340 e. The number of hydrogen-bond donors (Lipinski definition) is 1. The number of carbonyl (C=O) groups excluding carboxylic acids is 1. The first-order valence-corrected chi connectivity index (χ1v) is 7.26. The molecule has 3 saturated heterocycles. The fourth-order valence-electron chi connectivity index (χ4n) is 3.71. The van der Waals surface area contributed by atoms with E-state index in [1.54, 1.807) is 4.90 Å². The monoisotopic (exact) mass is 291 g/mol. The van der Waals surface area contributed by atoms with Crippen molar-refractivity contribution in [2.24, 2.45) is 5.92 Å². The second-order valence-electron chi connectivity index (χ2n) is 6.11. The minimum absolute atomic E-state index is 0.0444. The first-order chi connectivity index (χ1) is 9.42. The number of nitrogens with one attached hydrogen (secondary N) is 1. The van der Waals surface area contributed by atoms with Gasteiger partial charge in [0.15, 0.2) is 0 Å². The van der Waals surface area contributed by atoms with Gasteiger partial charge in [-0.15, -0.1) is 0 Å². The van der Waals surface area contributed by atoms with Crippen LogP contribution < -0.4 is 5.32 Å². The molecule has 0 radical (unpaired) electrons. The lowest BCUT2D eigenvalue weighted by Crippen LogP contribution is -2.53. The average Bonchev–Trinajstić information content (AvgIpc) is 2.99. The van der Waals surface area contributed by atoms with Gasteiger partial charge in [-0.1, -0.05) is 0 Å². The molecule has 2 bridgehead atoms. The van der Waals surface area contributed by atoms with E-state index in [0.717, 1.165) is 19.3 Å². The molecule has 0 aliphatic carbocycles. The molecule has 0 aromatic rings. The first-order valence-electron chi connectivity index (χ1n) is 7.26. The highest BCUT2D eigenvalue weighted by Crippen LogP contribution is 2.34. The topological polar surface area (TPSA) is 35.6 Å². The Morgan fingerprint density at radius 3 is 2.35 bits per heavy atom. The number of fused-ring (bicyclic) bond motifs is 2. The van der Waals surface area contributed by atoms with Crippen LogP contribution in [0.2, 0.25) is 0 Å². The smallest absolute Gasteiger partial charge is 0.340 e. The third-order valence-corrected chi connectivity index (χ3v) is 4.70. The Balaban J connectivity index is 1.50. The molecule has 3 rings (SSSR count). The van der Waals surface area contributed by atoms with Crippen LogP contribution in [0.4, 0.5) is 13.2 Å². The van der Waals surface area contributed by atoms with Gasteiger partial charge in [-0.25, -0.2) is 0 Å². The van der Waals surface area contributed by atoms with E-state index in [1.165, 1.54) is 4.90 Å². The van der Waals surface area contributed by atoms with Crippen molar-refractivity contribution in [1.82, 2.24) is 15.1 Å². The number of nitrogens with zero attached hydrogens (tertiary/aromatic N) is 2. The second-order valence-corrected chi connectivity index (χ2v) is 6.11. The van der Waals surface area contributed by atoms with E-state index in [1.807, 2.05) is 0 Å². The molecular formula is C13H20F3N3O. The van der Waals surface area contributed by atoms with E-state index in [-0.39, 0.29) is 11.8 Å². The Morgan fingerprint density at radius 1 is 1.15 bits per heavy atom. The van der Waals surface area contributed by atoms with Crippen LogP contribution in [0, 0.1) is 5.92 Å². The van der Waals surface area contributed by atoms with Crippen molar-refractivity contribution in [1.29, 1.82) is 0 Å². The third-order valence-electron chi connectivity index (χ3n) is 4.70. The molecule has 1 amide bonds. The van der Waals surface area contributed by atoms with E-state index < -0.39 is 12.7 Å². The summed E-state index contributed by atoms with van der Waals surface area (Å²) in [6.45, 7) is 0.606. The summed E-state index contributed by atoms with van der Waals surface area (Å²) >= 11 is 0. The zero-order valence-electron chi connectivity index (χ0n) is 11.3. The molecular weight excluding hydrogens is 271 g/mol. The van der Waals surface area contributed by atoms with Gasteiger partial charge in [0.05, 0.1) is 12.5 Å². The molecule has 20 heavy (non-hydrogen) atoms. The van der Waals surface area contributed by atoms with Crippen LogP contribution in [0.3, 0.4) is 0 Å². The molecule has 4 nitrogen and oxygen atoms in total. The van der Waals surface area contributed by atoms with Crippen molar-refractivity contribution < 1.29 is 18.0 Å². The van der Waals surface area contributed by atoms with Crippen LogP contribution in [-0.4, -0.2) is 66.7 Å². The second kappa shape index (κ2) is 5.18. The van der Waals surface area contributed by atoms with E-state index >= 15 is 0 Å². The van der Waals surface area contributed by atoms with E-state index in [9.17, 15) is 18.0 Å². The zero-order chi connectivity index (χ0) is 14.3. The number of amides is 1. The summed E-state index contributed by atoms with van der Waals surface area (Å²) < 4.78 is 36.9. The van der Waals surface area contributed by atoms with Gasteiger partial charge in [-0.3, -0.25) is 9.69 Å². The SMILES string of the molecule is O=C(C1CC2CCC1N2)N1CCN(CC(F)(F)F)CC1. The van der Waals surface area contributed by atoms with Crippen LogP contribution in [0.1, 0.15) is 19.3 Å².